The number of carbonyl (C=O) groups is 2. The average Bonchev–Trinajstić information content (AvgIpc) is 3.26. The van der Waals surface area contributed by atoms with Gasteiger partial charge in [0, 0.05) is 39.0 Å². The summed E-state index contributed by atoms with van der Waals surface area (Å²) in [5.41, 5.74) is 1.26. The molecule has 0 spiro atoms. The number of imidazole rings is 1. The van der Waals surface area contributed by atoms with Crippen LogP contribution in [0.15, 0.2) is 59.7 Å². The van der Waals surface area contributed by atoms with Crippen molar-refractivity contribution in [2.45, 2.75) is 37.6 Å². The number of amides is 1. The minimum absolute atomic E-state index is 0.00519. The van der Waals surface area contributed by atoms with Crippen molar-refractivity contribution >= 4 is 44.3 Å². The van der Waals surface area contributed by atoms with Crippen molar-refractivity contribution in [2.75, 3.05) is 29.9 Å². The van der Waals surface area contributed by atoms with E-state index < -0.39 is 40.3 Å². The molecule has 0 radical (unpaired) electrons. The van der Waals surface area contributed by atoms with Gasteiger partial charge < -0.3 is 19.4 Å². The first kappa shape index (κ1) is 28.0. The van der Waals surface area contributed by atoms with Crippen molar-refractivity contribution < 1.29 is 36.3 Å². The van der Waals surface area contributed by atoms with E-state index in [1.807, 2.05) is 6.08 Å². The molecule has 10 nitrogen and oxygen atoms in total. The zero-order chi connectivity index (χ0) is 28.4. The first-order valence-corrected chi connectivity index (χ1v) is 13.5. The van der Waals surface area contributed by atoms with Crippen LogP contribution in [0.1, 0.15) is 26.1 Å². The lowest BCUT2D eigenvalue weighted by Crippen LogP contribution is -2.26. The molecule has 1 atom stereocenters. The summed E-state index contributed by atoms with van der Waals surface area (Å²) in [6, 6.07) is 10.0. The molecule has 1 amide bonds. The van der Waals surface area contributed by atoms with E-state index in [-0.39, 0.29) is 28.6 Å². The van der Waals surface area contributed by atoms with Crippen LogP contribution in [0, 0.1) is 5.92 Å². The SMILES string of the molecule is CC(=O)OCC(=O)Nc1ccc(S(=O)(=O)N(C)c2ccc3c(c2)nc(C(C)(F)F)n3CC2C=COCC2)cc1. The Morgan fingerprint density at radius 1 is 1.23 bits per heavy atom. The standard InChI is InChI=1S/C26H28F2N4O6S/c1-17(33)38-16-24(34)29-19-4-7-21(8-5-19)39(35,36)31(3)20-6-9-23-22(14-20)30-25(26(2,27)28)32(23)15-18-10-12-37-13-11-18/h4-10,12,14,18H,11,13,15-16H2,1-3H3,(H,29,34). The van der Waals surface area contributed by atoms with Gasteiger partial charge in [0.25, 0.3) is 15.9 Å². The summed E-state index contributed by atoms with van der Waals surface area (Å²) < 4.78 is 67.9. The number of hydrogen-bond donors (Lipinski definition) is 1. The summed E-state index contributed by atoms with van der Waals surface area (Å²) in [7, 11) is -2.68. The van der Waals surface area contributed by atoms with Crippen molar-refractivity contribution in [3.63, 3.8) is 0 Å². The van der Waals surface area contributed by atoms with Gasteiger partial charge in [-0.2, -0.15) is 8.78 Å². The molecule has 0 fully saturated rings. The number of ether oxygens (including phenoxy) is 2. The molecule has 0 saturated carbocycles. The number of alkyl halides is 2. The Kier molecular flexibility index (Phi) is 7.91. The number of aromatic nitrogens is 2. The van der Waals surface area contributed by atoms with Gasteiger partial charge in [0.15, 0.2) is 12.4 Å². The van der Waals surface area contributed by atoms with E-state index in [2.05, 4.69) is 15.0 Å². The number of nitrogens with zero attached hydrogens (tertiary/aromatic N) is 3. The third-order valence-electron chi connectivity index (χ3n) is 6.16. The van der Waals surface area contributed by atoms with Gasteiger partial charge in [-0.15, -0.1) is 0 Å². The predicted octanol–water partition coefficient (Wildman–Crippen LogP) is 4.02. The molecular weight excluding hydrogens is 534 g/mol. The molecule has 2 heterocycles. The Bertz CT molecular complexity index is 1510. The molecular formula is C26H28F2N4O6S. The maximum Gasteiger partial charge on any atom is 0.303 e. The summed E-state index contributed by atoms with van der Waals surface area (Å²) in [6.45, 7) is 2.28. The molecule has 1 aliphatic heterocycles. The number of hydrogen-bond acceptors (Lipinski definition) is 7. The van der Waals surface area contributed by atoms with Gasteiger partial charge in [0.2, 0.25) is 0 Å². The van der Waals surface area contributed by atoms with Crippen molar-refractivity contribution in [3.8, 4) is 0 Å². The van der Waals surface area contributed by atoms with E-state index in [9.17, 15) is 26.8 Å². The molecule has 2 aromatic carbocycles. The number of nitrogens with one attached hydrogen (secondary N) is 1. The van der Waals surface area contributed by atoms with Crippen LogP contribution in [0.4, 0.5) is 20.2 Å². The zero-order valence-electron chi connectivity index (χ0n) is 21.6. The Morgan fingerprint density at radius 3 is 2.56 bits per heavy atom. The van der Waals surface area contributed by atoms with Crippen LogP contribution < -0.4 is 9.62 Å². The molecule has 3 aromatic rings. The fourth-order valence-corrected chi connectivity index (χ4v) is 5.33. The van der Waals surface area contributed by atoms with Crippen molar-refractivity contribution in [1.82, 2.24) is 9.55 Å². The van der Waals surface area contributed by atoms with Crippen LogP contribution in [0.25, 0.3) is 11.0 Å². The highest BCUT2D eigenvalue weighted by Crippen LogP contribution is 2.33. The third-order valence-corrected chi connectivity index (χ3v) is 7.96. The summed E-state index contributed by atoms with van der Waals surface area (Å²) in [5.74, 6) is -4.78. The van der Waals surface area contributed by atoms with E-state index in [4.69, 9.17) is 4.74 Å². The normalized spacial score (nSPS) is 15.6. The van der Waals surface area contributed by atoms with Crippen LogP contribution in [0.2, 0.25) is 0 Å². The van der Waals surface area contributed by atoms with Gasteiger partial charge in [-0.3, -0.25) is 13.9 Å². The molecule has 1 N–H and O–H groups in total. The molecule has 4 rings (SSSR count). The molecule has 1 aliphatic rings. The van der Waals surface area contributed by atoms with Crippen LogP contribution in [0.5, 0.6) is 0 Å². The molecule has 39 heavy (non-hydrogen) atoms. The van der Waals surface area contributed by atoms with Gasteiger partial charge >= 0.3 is 11.9 Å². The fourth-order valence-electron chi connectivity index (χ4n) is 4.14. The number of anilines is 2. The van der Waals surface area contributed by atoms with Gasteiger partial charge in [0.05, 0.1) is 34.5 Å². The van der Waals surface area contributed by atoms with Gasteiger partial charge in [-0.1, -0.05) is 0 Å². The highest BCUT2D eigenvalue weighted by Gasteiger charge is 2.33. The van der Waals surface area contributed by atoms with Crippen LogP contribution in [-0.4, -0.2) is 50.1 Å². The summed E-state index contributed by atoms with van der Waals surface area (Å²) in [4.78, 5) is 26.8. The lowest BCUT2D eigenvalue weighted by molar-refractivity contribution is -0.144. The Labute approximate surface area is 224 Å². The first-order chi connectivity index (χ1) is 18.4. The zero-order valence-corrected chi connectivity index (χ0v) is 22.4. The third kappa shape index (κ3) is 6.36. The topological polar surface area (TPSA) is 120 Å². The smallest absolute Gasteiger partial charge is 0.303 e. The predicted molar refractivity (Wildman–Crippen MR) is 140 cm³/mol. The quantitative estimate of drug-likeness (QED) is 0.391. The van der Waals surface area contributed by atoms with E-state index in [0.717, 1.165) is 11.2 Å². The Balaban J connectivity index is 1.58. The summed E-state index contributed by atoms with van der Waals surface area (Å²) in [6.07, 6.45) is 4.08. The largest absolute Gasteiger partial charge is 0.501 e. The van der Waals surface area contributed by atoms with E-state index in [1.54, 1.807) is 18.4 Å². The second-order valence-electron chi connectivity index (χ2n) is 9.18. The fraction of sp³-hybridized carbons (Fsp3) is 0.346. The maximum absolute atomic E-state index is 14.5. The van der Waals surface area contributed by atoms with Gasteiger partial charge in [0.1, 0.15) is 0 Å². The number of allylic oxidation sites excluding steroid dienone is 1. The number of fused-ring (bicyclic) bond motifs is 1. The van der Waals surface area contributed by atoms with Crippen molar-refractivity contribution in [2.24, 2.45) is 5.92 Å². The molecule has 13 heteroatoms. The molecule has 1 unspecified atom stereocenters. The second kappa shape index (κ2) is 11.0. The lowest BCUT2D eigenvalue weighted by atomic mass is 10.0. The first-order valence-electron chi connectivity index (χ1n) is 12.1. The number of halogens is 2. The van der Waals surface area contributed by atoms with E-state index in [1.165, 1.54) is 48.9 Å². The van der Waals surface area contributed by atoms with Crippen LogP contribution >= 0.6 is 0 Å². The minimum atomic E-state index is -4.04. The molecule has 208 valence electrons. The molecule has 0 saturated heterocycles. The monoisotopic (exact) mass is 562 g/mol. The van der Waals surface area contributed by atoms with Gasteiger partial charge in [-0.05, 0) is 55.0 Å². The number of carbonyl (C=O) groups excluding carboxylic acids is 2. The molecule has 0 aliphatic carbocycles. The van der Waals surface area contributed by atoms with E-state index >= 15 is 0 Å². The Morgan fingerprint density at radius 2 is 1.95 bits per heavy atom. The highest BCUT2D eigenvalue weighted by atomic mass is 32.2. The Hall–Kier alpha value is -4.00. The number of rotatable bonds is 9. The lowest BCUT2D eigenvalue weighted by Gasteiger charge is -2.21. The number of esters is 1. The molecule has 1 aromatic heterocycles. The minimum Gasteiger partial charge on any atom is -0.501 e. The number of sulfonamides is 1. The van der Waals surface area contributed by atoms with Crippen molar-refractivity contribution in [3.05, 3.63) is 60.6 Å². The highest BCUT2D eigenvalue weighted by molar-refractivity contribution is 7.92. The van der Waals surface area contributed by atoms with Gasteiger partial charge in [-0.25, -0.2) is 13.4 Å². The average molecular weight is 563 g/mol. The maximum atomic E-state index is 14.5. The second-order valence-corrected chi connectivity index (χ2v) is 11.2. The van der Waals surface area contributed by atoms with Crippen molar-refractivity contribution in [1.29, 1.82) is 0 Å². The summed E-state index contributed by atoms with van der Waals surface area (Å²) >= 11 is 0. The number of benzene rings is 2. The van der Waals surface area contributed by atoms with Crippen LogP contribution in [-0.2, 0) is 41.6 Å². The van der Waals surface area contributed by atoms with Crippen LogP contribution in [0.3, 0.4) is 0 Å². The summed E-state index contributed by atoms with van der Waals surface area (Å²) in [5, 5.41) is 2.50. The molecule has 0 bridgehead atoms. The van der Waals surface area contributed by atoms with E-state index in [0.29, 0.717) is 24.2 Å².